The van der Waals surface area contributed by atoms with Gasteiger partial charge in [-0.1, -0.05) is 116 Å². The molecular weight excluding hydrogens is 1020 g/mol. The van der Waals surface area contributed by atoms with Gasteiger partial charge in [0.1, 0.15) is 48.0 Å². The lowest BCUT2D eigenvalue weighted by atomic mass is 9.64. The predicted octanol–water partition coefficient (Wildman–Crippen LogP) is 7.03. The van der Waals surface area contributed by atoms with Crippen molar-refractivity contribution in [3.8, 4) is 29.1 Å². The Morgan fingerprint density at radius 1 is 0.812 bits per heavy atom. The summed E-state index contributed by atoms with van der Waals surface area (Å²) < 4.78 is 31.0. The second-order valence-corrected chi connectivity index (χ2v) is 20.5. The van der Waals surface area contributed by atoms with Crippen LogP contribution in [0, 0.1) is 23.7 Å². The minimum Gasteiger partial charge on any atom is -0.493 e. The Morgan fingerprint density at radius 3 is 2.23 bits per heavy atom. The molecule has 7 aromatic rings. The summed E-state index contributed by atoms with van der Waals surface area (Å²) in [5.74, 6) is 2.85. The van der Waals surface area contributed by atoms with E-state index in [0.29, 0.717) is 51.4 Å². The number of nitrogens with one attached hydrogen (secondary N) is 1. The highest BCUT2D eigenvalue weighted by molar-refractivity contribution is 6.25. The Bertz CT molecular complexity index is 3600. The van der Waals surface area contributed by atoms with Crippen molar-refractivity contribution in [1.82, 2.24) is 30.1 Å². The van der Waals surface area contributed by atoms with Crippen molar-refractivity contribution < 1.29 is 52.8 Å². The summed E-state index contributed by atoms with van der Waals surface area (Å²) in [6.07, 6.45) is -0.596. The zero-order chi connectivity index (χ0) is 55.8. The van der Waals surface area contributed by atoms with Gasteiger partial charge in [-0.15, -0.1) is 5.10 Å². The third kappa shape index (κ3) is 9.11. The molecule has 0 bridgehead atoms. The summed E-state index contributed by atoms with van der Waals surface area (Å²) in [4.78, 5) is 83.2. The Morgan fingerprint density at radius 2 is 1.51 bits per heavy atom. The molecule has 7 atom stereocenters. The number of hydrogen-bond acceptors (Lipinski definition) is 14. The second-order valence-electron chi connectivity index (χ2n) is 20.5. The minimum absolute atomic E-state index is 0.0613. The highest BCUT2D eigenvalue weighted by Gasteiger charge is 2.76. The molecule has 4 aliphatic heterocycles. The van der Waals surface area contributed by atoms with Crippen LogP contribution in [0.4, 0.5) is 10.5 Å². The molecule has 1 aromatic heterocycles. The number of rotatable bonds is 13. The standard InChI is InChI=1S/C62H59N7O11/c1-37(2)52(58(72)78-5)63-61(75)68-47-26-25-38(16-15-28-67-48-24-13-12-23-46(48)64-65-67)32-45(47)62(60(68)74)51(57(71)66-29-27-41-34-49(76-3)50(77-4)35-43(41)36-66)54-59(73)80-55(40-19-10-7-11-20-40)53(39-17-8-6-9-18-39)69(54)56(62)42-21-14-22-44(33-42)79-31-30-70/h6-14,17-26,32-35,37,51-56,70H,27-31,36H2,1-5H3,(H,63,75)/t51-,52-,53-,54-,55+,56+,62-/m0/s1. The number of nitrogens with zero attached hydrogens (tertiary/aromatic N) is 6. The summed E-state index contributed by atoms with van der Waals surface area (Å²) in [6, 6.07) is 36.3. The van der Waals surface area contributed by atoms with Crippen LogP contribution in [0.5, 0.6) is 17.2 Å². The lowest BCUT2D eigenvalue weighted by Gasteiger charge is -2.46. The number of aromatic nitrogens is 3. The number of aliphatic hydroxyl groups is 1. The van der Waals surface area contributed by atoms with E-state index in [0.717, 1.165) is 21.5 Å². The second kappa shape index (κ2) is 22.0. The van der Waals surface area contributed by atoms with Gasteiger partial charge in [0.05, 0.1) is 57.1 Å². The van der Waals surface area contributed by atoms with Gasteiger partial charge in [-0.2, -0.15) is 0 Å². The number of carbonyl (C=O) groups is 5. The van der Waals surface area contributed by atoms with Crippen molar-refractivity contribution in [2.45, 2.75) is 69.0 Å². The molecule has 4 amide bonds. The molecule has 80 heavy (non-hydrogen) atoms. The van der Waals surface area contributed by atoms with Crippen LogP contribution in [-0.2, 0) is 53.6 Å². The number of cyclic esters (lactones) is 1. The number of para-hydroxylation sites is 1. The number of ether oxygens (including phenoxy) is 5. The average molecular weight is 1080 g/mol. The number of anilines is 1. The number of amides is 4. The maximum absolute atomic E-state index is 17.1. The summed E-state index contributed by atoms with van der Waals surface area (Å²) in [7, 11) is 4.31. The molecule has 5 heterocycles. The Balaban J connectivity index is 1.19. The van der Waals surface area contributed by atoms with Crippen LogP contribution in [0.25, 0.3) is 11.0 Å². The molecule has 2 N–H and O–H groups in total. The number of imide groups is 1. The Labute approximate surface area is 462 Å². The zero-order valence-corrected chi connectivity index (χ0v) is 44.8. The maximum atomic E-state index is 17.1. The molecular formula is C62H59N7O11. The van der Waals surface area contributed by atoms with E-state index in [1.807, 2.05) is 108 Å². The fourth-order valence-corrected chi connectivity index (χ4v) is 12.2. The van der Waals surface area contributed by atoms with Crippen LogP contribution in [0.1, 0.15) is 71.0 Å². The quantitative estimate of drug-likeness (QED) is 0.0880. The molecule has 6 aromatic carbocycles. The van der Waals surface area contributed by atoms with Crippen molar-refractivity contribution in [3.05, 3.63) is 178 Å². The molecule has 18 heteroatoms. The summed E-state index contributed by atoms with van der Waals surface area (Å²) in [5.41, 5.74) is 3.58. The predicted molar refractivity (Wildman–Crippen MR) is 293 cm³/mol. The van der Waals surface area contributed by atoms with Gasteiger partial charge in [0.15, 0.2) is 11.5 Å². The molecule has 0 radical (unpaired) electrons. The van der Waals surface area contributed by atoms with Gasteiger partial charge >= 0.3 is 18.0 Å². The summed E-state index contributed by atoms with van der Waals surface area (Å²) in [6.45, 7) is 3.51. The minimum atomic E-state index is -2.17. The van der Waals surface area contributed by atoms with Crippen LogP contribution < -0.4 is 24.4 Å². The third-order valence-corrected chi connectivity index (χ3v) is 15.8. The normalized spacial score (nSPS) is 21.5. The van der Waals surface area contributed by atoms with Crippen LogP contribution in [-0.4, -0.2) is 113 Å². The number of morpholine rings is 1. The first-order valence-electron chi connectivity index (χ1n) is 26.5. The number of benzene rings is 6. The van der Waals surface area contributed by atoms with Crippen molar-refractivity contribution in [1.29, 1.82) is 0 Å². The largest absolute Gasteiger partial charge is 0.493 e. The molecule has 0 unspecified atom stereocenters. The smallest absolute Gasteiger partial charge is 0.329 e. The van der Waals surface area contributed by atoms with Gasteiger partial charge in [-0.3, -0.25) is 19.3 Å². The van der Waals surface area contributed by atoms with Crippen molar-refractivity contribution in [3.63, 3.8) is 0 Å². The topological polar surface area (TPSA) is 204 Å². The molecule has 11 rings (SSSR count). The molecule has 0 saturated carbocycles. The summed E-state index contributed by atoms with van der Waals surface area (Å²) in [5, 5.41) is 21.4. The van der Waals surface area contributed by atoms with E-state index in [4.69, 9.17) is 23.7 Å². The van der Waals surface area contributed by atoms with Gasteiger partial charge in [-0.05, 0) is 100 Å². The van der Waals surface area contributed by atoms with Gasteiger partial charge in [0.25, 0.3) is 0 Å². The molecule has 2 fully saturated rings. The van der Waals surface area contributed by atoms with E-state index in [1.165, 1.54) is 14.2 Å². The lowest BCUT2D eigenvalue weighted by molar-refractivity contribution is -0.179. The molecule has 18 nitrogen and oxygen atoms in total. The first kappa shape index (κ1) is 53.0. The van der Waals surface area contributed by atoms with Crippen molar-refractivity contribution in [2.75, 3.05) is 46.0 Å². The lowest BCUT2D eigenvalue weighted by Crippen LogP contribution is -2.58. The summed E-state index contributed by atoms with van der Waals surface area (Å²) >= 11 is 0. The SMILES string of the molecule is COC(=O)[C@@H](NC(=O)N1C(=O)[C@@]2(c3cc(C#CCn4nnc5ccccc54)ccc31)[C@H](C(=O)N1CCc3cc(OC)c(OC)cc3C1)[C@H]1C(=O)O[C@H](c3ccccc3)[C@H](c3ccccc3)N1[C@@H]2c1cccc(OCCO)c1)C(C)C. The molecule has 4 aliphatic rings. The van der Waals surface area contributed by atoms with Crippen LogP contribution >= 0.6 is 0 Å². The van der Waals surface area contributed by atoms with Gasteiger partial charge in [0, 0.05) is 18.7 Å². The molecule has 0 aliphatic carbocycles. The van der Waals surface area contributed by atoms with E-state index < -0.39 is 77.3 Å². The maximum Gasteiger partial charge on any atom is 0.329 e. The monoisotopic (exact) mass is 1080 g/mol. The van der Waals surface area contributed by atoms with Gasteiger partial charge in [0.2, 0.25) is 11.8 Å². The van der Waals surface area contributed by atoms with Crippen molar-refractivity contribution in [2.24, 2.45) is 11.8 Å². The fourth-order valence-electron chi connectivity index (χ4n) is 12.2. The molecule has 408 valence electrons. The number of hydrogen-bond donors (Lipinski definition) is 2. The van der Waals surface area contributed by atoms with E-state index in [9.17, 15) is 9.90 Å². The zero-order valence-electron chi connectivity index (χ0n) is 44.8. The van der Waals surface area contributed by atoms with Gasteiger partial charge in [-0.25, -0.2) is 19.2 Å². The number of esters is 2. The van der Waals surface area contributed by atoms with Crippen LogP contribution in [0.3, 0.4) is 0 Å². The van der Waals surface area contributed by atoms with E-state index in [1.54, 1.807) is 66.9 Å². The van der Waals surface area contributed by atoms with Crippen LogP contribution in [0.2, 0.25) is 0 Å². The Hall–Kier alpha value is -9.05. The number of methoxy groups -OCH3 is 3. The van der Waals surface area contributed by atoms with Crippen molar-refractivity contribution >= 4 is 46.5 Å². The van der Waals surface area contributed by atoms with E-state index in [-0.39, 0.29) is 44.1 Å². The highest BCUT2D eigenvalue weighted by Crippen LogP contribution is 2.66. The van der Waals surface area contributed by atoms with E-state index >= 15 is 19.2 Å². The van der Waals surface area contributed by atoms with Gasteiger partial charge < -0.3 is 39.0 Å². The first-order chi connectivity index (χ1) is 38.9. The number of urea groups is 1. The number of aliphatic hydroxyl groups excluding tert-OH is 1. The molecule has 1 spiro atoms. The Kier molecular flexibility index (Phi) is 14.6. The van der Waals surface area contributed by atoms with E-state index in [2.05, 4.69) is 27.5 Å². The molecule has 2 saturated heterocycles. The number of carbonyl (C=O) groups excluding carboxylic acids is 5. The number of fused-ring (bicyclic) bond motifs is 5. The first-order valence-corrected chi connectivity index (χ1v) is 26.5. The highest BCUT2D eigenvalue weighted by atomic mass is 16.6. The van der Waals surface area contributed by atoms with Crippen LogP contribution in [0.15, 0.2) is 140 Å². The average Bonchev–Trinajstić information content (AvgIpc) is 3.64. The fraction of sp³-hybridized carbons (Fsp3) is 0.306. The third-order valence-electron chi connectivity index (χ3n) is 15.8.